The van der Waals surface area contributed by atoms with Crippen molar-refractivity contribution in [3.05, 3.63) is 53.5 Å². The second-order valence-electron chi connectivity index (χ2n) is 3.67. The lowest BCUT2D eigenvalue weighted by Gasteiger charge is -2.08. The quantitative estimate of drug-likeness (QED) is 0.905. The Kier molecular flexibility index (Phi) is 3.23. The number of halogens is 1. The molecule has 2 aromatic rings. The van der Waals surface area contributed by atoms with E-state index >= 15 is 0 Å². The number of nitrogens with zero attached hydrogens (tertiary/aromatic N) is 1. The molecular weight excluding hydrogens is 237 g/mol. The van der Waals surface area contributed by atoms with Gasteiger partial charge < -0.3 is 9.84 Å². The SMILES string of the molecule is Cc1ccc(C(=O)O)c(Oc2cccc(F)c2)n1. The predicted molar refractivity (Wildman–Crippen MR) is 62.4 cm³/mol. The number of rotatable bonds is 3. The molecule has 2 rings (SSSR count). The molecule has 1 aromatic carbocycles. The highest BCUT2D eigenvalue weighted by Crippen LogP contribution is 2.24. The Bertz CT molecular complexity index is 599. The van der Waals surface area contributed by atoms with Crippen molar-refractivity contribution in [2.24, 2.45) is 0 Å². The Balaban J connectivity index is 2.39. The summed E-state index contributed by atoms with van der Waals surface area (Å²) in [6.07, 6.45) is 0. The highest BCUT2D eigenvalue weighted by molar-refractivity contribution is 5.90. The normalized spacial score (nSPS) is 10.1. The number of aromatic carboxylic acids is 1. The van der Waals surface area contributed by atoms with Crippen molar-refractivity contribution in [2.75, 3.05) is 0 Å². The fraction of sp³-hybridized carbons (Fsp3) is 0.0769. The van der Waals surface area contributed by atoms with E-state index < -0.39 is 11.8 Å². The summed E-state index contributed by atoms with van der Waals surface area (Å²) in [5, 5.41) is 9.00. The van der Waals surface area contributed by atoms with Crippen LogP contribution in [0.5, 0.6) is 11.6 Å². The summed E-state index contributed by atoms with van der Waals surface area (Å²) in [5.74, 6) is -1.45. The van der Waals surface area contributed by atoms with Gasteiger partial charge in [-0.15, -0.1) is 0 Å². The Morgan fingerprint density at radius 1 is 1.33 bits per heavy atom. The predicted octanol–water partition coefficient (Wildman–Crippen LogP) is 3.02. The number of hydrogen-bond donors (Lipinski definition) is 1. The van der Waals surface area contributed by atoms with Gasteiger partial charge in [-0.05, 0) is 31.2 Å². The molecule has 0 aliphatic heterocycles. The van der Waals surface area contributed by atoms with E-state index in [2.05, 4.69) is 4.98 Å². The maximum Gasteiger partial charge on any atom is 0.341 e. The molecule has 0 fully saturated rings. The Labute approximate surface area is 103 Å². The molecule has 0 amide bonds. The fourth-order valence-corrected chi connectivity index (χ4v) is 1.42. The van der Waals surface area contributed by atoms with E-state index in [0.717, 1.165) is 6.07 Å². The molecule has 0 bridgehead atoms. The molecule has 1 N–H and O–H groups in total. The van der Waals surface area contributed by atoms with Gasteiger partial charge in [0, 0.05) is 11.8 Å². The van der Waals surface area contributed by atoms with Crippen molar-refractivity contribution in [2.45, 2.75) is 6.92 Å². The number of carboxylic acid groups (broad SMARTS) is 1. The number of pyridine rings is 1. The van der Waals surface area contributed by atoms with Gasteiger partial charge in [0.2, 0.25) is 5.88 Å². The molecule has 0 spiro atoms. The largest absolute Gasteiger partial charge is 0.477 e. The van der Waals surface area contributed by atoms with Crippen LogP contribution in [0.15, 0.2) is 36.4 Å². The number of aromatic nitrogens is 1. The van der Waals surface area contributed by atoms with Crippen molar-refractivity contribution >= 4 is 5.97 Å². The molecule has 0 aliphatic rings. The Morgan fingerprint density at radius 2 is 2.11 bits per heavy atom. The average molecular weight is 247 g/mol. The van der Waals surface area contributed by atoms with Gasteiger partial charge in [0.25, 0.3) is 0 Å². The smallest absolute Gasteiger partial charge is 0.341 e. The number of ether oxygens (including phenoxy) is 1. The van der Waals surface area contributed by atoms with E-state index in [0.29, 0.717) is 5.69 Å². The Hall–Kier alpha value is -2.43. The molecule has 0 saturated carbocycles. The molecule has 1 aromatic heterocycles. The average Bonchev–Trinajstić information content (AvgIpc) is 2.28. The van der Waals surface area contributed by atoms with Gasteiger partial charge in [0.1, 0.15) is 17.1 Å². The molecule has 0 unspecified atom stereocenters. The van der Waals surface area contributed by atoms with Crippen LogP contribution in [0, 0.1) is 12.7 Å². The third kappa shape index (κ3) is 2.63. The van der Waals surface area contributed by atoms with Crippen molar-refractivity contribution in [1.29, 1.82) is 0 Å². The monoisotopic (exact) mass is 247 g/mol. The first-order valence-corrected chi connectivity index (χ1v) is 5.20. The number of hydrogen-bond acceptors (Lipinski definition) is 3. The lowest BCUT2D eigenvalue weighted by atomic mass is 10.2. The van der Waals surface area contributed by atoms with Crippen molar-refractivity contribution in [1.82, 2.24) is 4.98 Å². The zero-order valence-corrected chi connectivity index (χ0v) is 9.55. The summed E-state index contributed by atoms with van der Waals surface area (Å²) in [6.45, 7) is 1.71. The summed E-state index contributed by atoms with van der Waals surface area (Å²) in [6, 6.07) is 8.41. The molecule has 0 saturated heterocycles. The van der Waals surface area contributed by atoms with Crippen LogP contribution in [0.1, 0.15) is 16.1 Å². The molecule has 4 nitrogen and oxygen atoms in total. The molecule has 1 heterocycles. The first kappa shape index (κ1) is 12.0. The number of aryl methyl sites for hydroxylation is 1. The third-order valence-corrected chi connectivity index (χ3v) is 2.24. The second-order valence-corrected chi connectivity index (χ2v) is 3.67. The molecule has 0 radical (unpaired) electrons. The summed E-state index contributed by atoms with van der Waals surface area (Å²) < 4.78 is 18.3. The van der Waals surface area contributed by atoms with Crippen LogP contribution >= 0.6 is 0 Å². The van der Waals surface area contributed by atoms with Gasteiger partial charge in [0.05, 0.1) is 0 Å². The van der Waals surface area contributed by atoms with E-state index in [-0.39, 0.29) is 17.2 Å². The van der Waals surface area contributed by atoms with Gasteiger partial charge in [0.15, 0.2) is 0 Å². The summed E-state index contributed by atoms with van der Waals surface area (Å²) >= 11 is 0. The highest BCUT2D eigenvalue weighted by Gasteiger charge is 2.14. The topological polar surface area (TPSA) is 59.4 Å². The molecule has 5 heteroatoms. The lowest BCUT2D eigenvalue weighted by Crippen LogP contribution is -2.02. The summed E-state index contributed by atoms with van der Waals surface area (Å²) in [7, 11) is 0. The molecule has 18 heavy (non-hydrogen) atoms. The zero-order valence-electron chi connectivity index (χ0n) is 9.55. The number of benzene rings is 1. The van der Waals surface area contributed by atoms with Crippen LogP contribution in [0.25, 0.3) is 0 Å². The summed E-state index contributed by atoms with van der Waals surface area (Å²) in [5.41, 5.74) is 0.552. The van der Waals surface area contributed by atoms with Gasteiger partial charge >= 0.3 is 5.97 Å². The van der Waals surface area contributed by atoms with Crippen LogP contribution in [0.3, 0.4) is 0 Å². The molecule has 92 valence electrons. The number of carboxylic acids is 1. The molecule has 0 aliphatic carbocycles. The van der Waals surface area contributed by atoms with E-state index in [1.165, 1.54) is 24.3 Å². The zero-order chi connectivity index (χ0) is 13.1. The minimum atomic E-state index is -1.14. The third-order valence-electron chi connectivity index (χ3n) is 2.24. The second kappa shape index (κ2) is 4.83. The van der Waals surface area contributed by atoms with E-state index in [4.69, 9.17) is 9.84 Å². The first-order valence-electron chi connectivity index (χ1n) is 5.20. The maximum atomic E-state index is 13.0. The van der Waals surface area contributed by atoms with Crippen LogP contribution in [0.2, 0.25) is 0 Å². The standard InChI is InChI=1S/C13H10FNO3/c1-8-5-6-11(13(16)17)12(15-8)18-10-4-2-3-9(14)7-10/h2-7H,1H3,(H,16,17). The Morgan fingerprint density at radius 3 is 2.78 bits per heavy atom. The van der Waals surface area contributed by atoms with E-state index in [1.54, 1.807) is 13.0 Å². The van der Waals surface area contributed by atoms with Gasteiger partial charge in [-0.3, -0.25) is 0 Å². The molecule has 0 atom stereocenters. The van der Waals surface area contributed by atoms with Gasteiger partial charge in [-0.1, -0.05) is 6.07 Å². The van der Waals surface area contributed by atoms with Crippen molar-refractivity contribution in [3.63, 3.8) is 0 Å². The minimum absolute atomic E-state index is 0.0481. The van der Waals surface area contributed by atoms with E-state index in [9.17, 15) is 9.18 Å². The first-order chi connectivity index (χ1) is 8.56. The van der Waals surface area contributed by atoms with Gasteiger partial charge in [-0.2, -0.15) is 0 Å². The van der Waals surface area contributed by atoms with Crippen LogP contribution < -0.4 is 4.74 Å². The van der Waals surface area contributed by atoms with Crippen molar-refractivity contribution in [3.8, 4) is 11.6 Å². The van der Waals surface area contributed by atoms with Crippen LogP contribution in [-0.2, 0) is 0 Å². The van der Waals surface area contributed by atoms with Gasteiger partial charge in [-0.25, -0.2) is 14.2 Å². The van der Waals surface area contributed by atoms with Crippen molar-refractivity contribution < 1.29 is 19.0 Å². The summed E-state index contributed by atoms with van der Waals surface area (Å²) in [4.78, 5) is 15.0. The van der Waals surface area contributed by atoms with Crippen LogP contribution in [0.4, 0.5) is 4.39 Å². The fourth-order valence-electron chi connectivity index (χ4n) is 1.42. The highest BCUT2D eigenvalue weighted by atomic mass is 19.1. The maximum absolute atomic E-state index is 13.0. The lowest BCUT2D eigenvalue weighted by molar-refractivity contribution is 0.0693. The minimum Gasteiger partial charge on any atom is -0.477 e. The number of carbonyl (C=O) groups is 1. The van der Waals surface area contributed by atoms with Crippen LogP contribution in [-0.4, -0.2) is 16.1 Å². The van der Waals surface area contributed by atoms with E-state index in [1.807, 2.05) is 0 Å². The molecular formula is C13H10FNO3.